The predicted octanol–water partition coefficient (Wildman–Crippen LogP) is 3.75. The van der Waals surface area contributed by atoms with Gasteiger partial charge in [0.25, 0.3) is 5.91 Å². The van der Waals surface area contributed by atoms with Gasteiger partial charge in [0.05, 0.1) is 23.1 Å². The number of benzene rings is 1. The maximum Gasteiger partial charge on any atom is 0.307 e. The zero-order valence-corrected chi connectivity index (χ0v) is 15.0. The number of carbonyl (C=O) groups excluding carboxylic acids is 2. The number of carboxylic acids is 1. The first kappa shape index (κ1) is 18.8. The number of allylic oxidation sites excluding steroid dienone is 2. The lowest BCUT2D eigenvalue weighted by Crippen LogP contribution is -2.34. The minimum absolute atomic E-state index is 0.0364. The van der Waals surface area contributed by atoms with Gasteiger partial charge in [-0.05, 0) is 36.4 Å². The summed E-state index contributed by atoms with van der Waals surface area (Å²) in [5.41, 5.74) is 0.226. The van der Waals surface area contributed by atoms with Crippen molar-refractivity contribution in [2.75, 3.05) is 10.6 Å². The second-order valence-electron chi connectivity index (χ2n) is 6.08. The van der Waals surface area contributed by atoms with Gasteiger partial charge in [-0.15, -0.1) is 11.3 Å². The Balaban J connectivity index is 1.74. The van der Waals surface area contributed by atoms with Crippen LogP contribution in [0.25, 0.3) is 0 Å². The van der Waals surface area contributed by atoms with Crippen molar-refractivity contribution in [3.05, 3.63) is 59.2 Å². The first-order chi connectivity index (χ1) is 13.0. The second kappa shape index (κ2) is 8.13. The number of carboxylic acid groups (broad SMARTS) is 1. The van der Waals surface area contributed by atoms with Gasteiger partial charge < -0.3 is 15.7 Å². The topological polar surface area (TPSA) is 95.5 Å². The first-order valence-corrected chi connectivity index (χ1v) is 9.17. The molecular formula is C19H17FN2O4S. The molecule has 0 spiro atoms. The minimum atomic E-state index is -1.02. The summed E-state index contributed by atoms with van der Waals surface area (Å²) >= 11 is 1.14. The molecule has 1 aliphatic rings. The molecule has 1 aromatic heterocycles. The fourth-order valence-electron chi connectivity index (χ4n) is 2.92. The maximum atomic E-state index is 13.7. The molecule has 3 rings (SSSR count). The number of hydrogen-bond donors (Lipinski definition) is 3. The summed E-state index contributed by atoms with van der Waals surface area (Å²) in [6.07, 6.45) is 4.15. The highest BCUT2D eigenvalue weighted by molar-refractivity contribution is 7.14. The van der Waals surface area contributed by atoms with Crippen LogP contribution in [0.5, 0.6) is 0 Å². The van der Waals surface area contributed by atoms with Crippen molar-refractivity contribution < 1.29 is 23.9 Å². The summed E-state index contributed by atoms with van der Waals surface area (Å²) in [5.74, 6) is -4.11. The number of nitrogens with one attached hydrogen (secondary N) is 2. The molecule has 0 radical (unpaired) electrons. The lowest BCUT2D eigenvalue weighted by molar-refractivity contribution is -0.146. The molecule has 27 heavy (non-hydrogen) atoms. The van der Waals surface area contributed by atoms with Crippen molar-refractivity contribution in [3.63, 3.8) is 0 Å². The van der Waals surface area contributed by atoms with Gasteiger partial charge in [-0.3, -0.25) is 14.4 Å². The van der Waals surface area contributed by atoms with Crippen molar-refractivity contribution in [3.8, 4) is 0 Å². The van der Waals surface area contributed by atoms with Crippen molar-refractivity contribution in [2.45, 2.75) is 12.8 Å². The zero-order valence-electron chi connectivity index (χ0n) is 14.1. The Labute approximate surface area is 158 Å². The van der Waals surface area contributed by atoms with Crippen LogP contribution in [0.15, 0.2) is 47.9 Å². The van der Waals surface area contributed by atoms with Gasteiger partial charge in [0, 0.05) is 0 Å². The molecule has 3 N–H and O–H groups in total. The van der Waals surface area contributed by atoms with E-state index in [0.717, 1.165) is 11.3 Å². The standard InChI is InChI=1S/C19H17FN2O4S/c20-14-7-3-4-8-15(14)21-17(24)13-9-10-27-18(13)22-16(23)11-5-1-2-6-12(11)19(25)26/h1-4,7-12H,5-6H2,(H,21,24)(H,22,23)(H,25,26)/t11-,12+/m0/s1. The summed E-state index contributed by atoms with van der Waals surface area (Å²) < 4.78 is 13.7. The van der Waals surface area contributed by atoms with Gasteiger partial charge in [-0.25, -0.2) is 4.39 Å². The van der Waals surface area contributed by atoms with E-state index in [0.29, 0.717) is 17.8 Å². The Hall–Kier alpha value is -3.00. The molecule has 0 bridgehead atoms. The number of thiophene rings is 1. The van der Waals surface area contributed by atoms with E-state index in [9.17, 15) is 23.9 Å². The third kappa shape index (κ3) is 4.22. The van der Waals surface area contributed by atoms with E-state index in [-0.39, 0.29) is 11.3 Å². The predicted molar refractivity (Wildman–Crippen MR) is 100 cm³/mol. The molecule has 1 aromatic carbocycles. The van der Waals surface area contributed by atoms with Gasteiger partial charge in [0.2, 0.25) is 5.91 Å². The summed E-state index contributed by atoms with van der Waals surface area (Å²) in [6.45, 7) is 0. The van der Waals surface area contributed by atoms with Gasteiger partial charge in [-0.1, -0.05) is 24.3 Å². The highest BCUT2D eigenvalue weighted by atomic mass is 32.1. The zero-order chi connectivity index (χ0) is 19.4. The highest BCUT2D eigenvalue weighted by Gasteiger charge is 2.34. The van der Waals surface area contributed by atoms with Crippen LogP contribution >= 0.6 is 11.3 Å². The van der Waals surface area contributed by atoms with Crippen molar-refractivity contribution in [2.24, 2.45) is 11.8 Å². The van der Waals surface area contributed by atoms with Crippen LogP contribution < -0.4 is 10.6 Å². The minimum Gasteiger partial charge on any atom is -0.481 e. The SMILES string of the molecule is O=C(Nc1ccccc1F)c1ccsc1NC(=O)[C@H]1CC=CC[C@H]1C(=O)O. The average Bonchev–Trinajstić information content (AvgIpc) is 3.11. The summed E-state index contributed by atoms with van der Waals surface area (Å²) in [6, 6.07) is 7.29. The maximum absolute atomic E-state index is 13.7. The lowest BCUT2D eigenvalue weighted by atomic mass is 9.82. The van der Waals surface area contributed by atoms with Crippen LogP contribution in [0.2, 0.25) is 0 Å². The number of anilines is 2. The fourth-order valence-corrected chi connectivity index (χ4v) is 3.71. The molecule has 0 unspecified atom stereocenters. The number of hydrogen-bond acceptors (Lipinski definition) is 4. The molecule has 2 atom stereocenters. The molecule has 6 nitrogen and oxygen atoms in total. The molecule has 0 fully saturated rings. The molecule has 0 saturated carbocycles. The smallest absolute Gasteiger partial charge is 0.307 e. The molecule has 2 aromatic rings. The second-order valence-corrected chi connectivity index (χ2v) is 7.00. The van der Waals surface area contributed by atoms with Gasteiger partial charge in [0.15, 0.2) is 0 Å². The normalized spacial score (nSPS) is 18.7. The first-order valence-electron chi connectivity index (χ1n) is 8.29. The number of aliphatic carboxylic acids is 1. The van der Waals surface area contributed by atoms with Crippen molar-refractivity contribution in [1.82, 2.24) is 0 Å². The number of carbonyl (C=O) groups is 3. The Morgan fingerprint density at radius 3 is 2.44 bits per heavy atom. The number of para-hydroxylation sites is 1. The molecule has 140 valence electrons. The molecule has 1 heterocycles. The number of amides is 2. The van der Waals surface area contributed by atoms with Crippen LogP contribution in [0.1, 0.15) is 23.2 Å². The van der Waals surface area contributed by atoms with Gasteiger partial charge >= 0.3 is 5.97 Å². The van der Waals surface area contributed by atoms with Crippen LogP contribution in [0.3, 0.4) is 0 Å². The van der Waals surface area contributed by atoms with Gasteiger partial charge in [0.1, 0.15) is 10.8 Å². The largest absolute Gasteiger partial charge is 0.481 e. The van der Waals surface area contributed by atoms with E-state index >= 15 is 0 Å². The Morgan fingerprint density at radius 1 is 1.04 bits per heavy atom. The fraction of sp³-hybridized carbons (Fsp3) is 0.211. The average molecular weight is 388 g/mol. The van der Waals surface area contributed by atoms with Crippen LogP contribution in [0, 0.1) is 17.7 Å². The number of halogens is 1. The van der Waals surface area contributed by atoms with E-state index in [4.69, 9.17) is 0 Å². The molecule has 0 saturated heterocycles. The third-order valence-corrected chi connectivity index (χ3v) is 5.18. The summed E-state index contributed by atoms with van der Waals surface area (Å²) in [5, 5.41) is 16.4. The molecule has 2 amide bonds. The quantitative estimate of drug-likeness (QED) is 0.680. The molecular weight excluding hydrogens is 371 g/mol. The van der Waals surface area contributed by atoms with Crippen LogP contribution in [0.4, 0.5) is 15.1 Å². The van der Waals surface area contributed by atoms with E-state index in [1.54, 1.807) is 23.6 Å². The molecule has 0 aliphatic heterocycles. The van der Waals surface area contributed by atoms with E-state index in [1.165, 1.54) is 24.3 Å². The summed E-state index contributed by atoms with van der Waals surface area (Å²) in [7, 11) is 0. The Bertz CT molecular complexity index is 909. The van der Waals surface area contributed by atoms with E-state index in [1.807, 2.05) is 0 Å². The third-order valence-electron chi connectivity index (χ3n) is 4.36. The van der Waals surface area contributed by atoms with Crippen molar-refractivity contribution in [1.29, 1.82) is 0 Å². The number of rotatable bonds is 5. The summed E-state index contributed by atoms with van der Waals surface area (Å²) in [4.78, 5) is 36.4. The van der Waals surface area contributed by atoms with E-state index < -0.39 is 35.4 Å². The molecule has 8 heteroatoms. The molecule has 1 aliphatic carbocycles. The van der Waals surface area contributed by atoms with Crippen LogP contribution in [-0.4, -0.2) is 22.9 Å². The highest BCUT2D eigenvalue weighted by Crippen LogP contribution is 2.30. The monoisotopic (exact) mass is 388 g/mol. The van der Waals surface area contributed by atoms with Crippen LogP contribution in [-0.2, 0) is 9.59 Å². The van der Waals surface area contributed by atoms with Crippen molar-refractivity contribution >= 4 is 39.8 Å². The Kier molecular flexibility index (Phi) is 5.66. The Morgan fingerprint density at radius 2 is 1.74 bits per heavy atom. The van der Waals surface area contributed by atoms with E-state index in [2.05, 4.69) is 10.6 Å². The van der Waals surface area contributed by atoms with Gasteiger partial charge in [-0.2, -0.15) is 0 Å². The lowest BCUT2D eigenvalue weighted by Gasteiger charge is -2.24.